The number of rotatable bonds is 7. The minimum Gasteiger partial charge on any atom is -0.330 e. The molecule has 0 aliphatic carbocycles. The first kappa shape index (κ1) is 13.8. The molecule has 0 radical (unpaired) electrons. The molecule has 0 aromatic rings. The number of thioether (sulfide) groups is 1. The summed E-state index contributed by atoms with van der Waals surface area (Å²) in [5.74, 6) is 2.18. The Morgan fingerprint density at radius 2 is 1.93 bits per heavy atom. The molecule has 1 nitrogen and oxygen atoms in total. The zero-order valence-corrected chi connectivity index (χ0v) is 10.5. The minimum absolute atomic E-state index is 0.787. The van der Waals surface area contributed by atoms with Crippen molar-refractivity contribution in [2.45, 2.75) is 33.6 Å². The van der Waals surface area contributed by atoms with Gasteiger partial charge >= 0.3 is 0 Å². The number of hydrogen-bond donors (Lipinski definition) is 1. The molecule has 82 valence electrons. The summed E-state index contributed by atoms with van der Waals surface area (Å²) in [4.78, 5) is 0. The highest BCUT2D eigenvalue weighted by Crippen LogP contribution is 2.08. The Kier molecular flexibility index (Phi) is 9.21. The highest BCUT2D eigenvalue weighted by molar-refractivity contribution is 7.99. The van der Waals surface area contributed by atoms with Crippen LogP contribution in [0.15, 0.2) is 23.3 Å². The summed E-state index contributed by atoms with van der Waals surface area (Å²) in [5, 5.41) is 0. The standard InChI is InChI=1S/C12H23NS/c1-11(2)5-4-6-12(3)7-9-14-10-8-13/h5,7H,4,6,8-10,13H2,1-3H3/b12-7+. The van der Waals surface area contributed by atoms with E-state index in [1.54, 1.807) is 0 Å². The van der Waals surface area contributed by atoms with Crippen LogP contribution in [0.1, 0.15) is 33.6 Å². The summed E-state index contributed by atoms with van der Waals surface area (Å²) in [6.45, 7) is 7.30. The molecular formula is C12H23NS. The molecule has 0 fully saturated rings. The first-order valence-electron chi connectivity index (χ1n) is 5.23. The van der Waals surface area contributed by atoms with Crippen molar-refractivity contribution in [3.05, 3.63) is 23.3 Å². The summed E-state index contributed by atoms with van der Waals surface area (Å²) in [5.41, 5.74) is 8.31. The molecule has 0 rings (SSSR count). The van der Waals surface area contributed by atoms with Crippen molar-refractivity contribution in [2.24, 2.45) is 5.73 Å². The molecule has 14 heavy (non-hydrogen) atoms. The smallest absolute Gasteiger partial charge is 0.0116 e. The van der Waals surface area contributed by atoms with Crippen molar-refractivity contribution in [1.29, 1.82) is 0 Å². The Balaban J connectivity index is 3.52. The lowest BCUT2D eigenvalue weighted by Gasteiger charge is -1.99. The van der Waals surface area contributed by atoms with Crippen LogP contribution >= 0.6 is 11.8 Å². The molecule has 0 heterocycles. The predicted molar refractivity (Wildman–Crippen MR) is 68.8 cm³/mol. The quantitative estimate of drug-likeness (QED) is 0.518. The summed E-state index contributed by atoms with van der Waals surface area (Å²) in [7, 11) is 0. The van der Waals surface area contributed by atoms with Gasteiger partial charge in [-0.3, -0.25) is 0 Å². The summed E-state index contributed by atoms with van der Waals surface area (Å²) >= 11 is 1.90. The molecule has 0 aliphatic rings. The number of hydrogen-bond acceptors (Lipinski definition) is 2. The van der Waals surface area contributed by atoms with Crippen molar-refractivity contribution >= 4 is 11.8 Å². The number of nitrogens with two attached hydrogens (primary N) is 1. The van der Waals surface area contributed by atoms with Gasteiger partial charge in [0.2, 0.25) is 0 Å². The fraction of sp³-hybridized carbons (Fsp3) is 0.667. The van der Waals surface area contributed by atoms with Crippen LogP contribution in [0, 0.1) is 0 Å². The molecule has 0 saturated carbocycles. The summed E-state index contributed by atoms with van der Waals surface area (Å²) in [6, 6.07) is 0. The first-order valence-corrected chi connectivity index (χ1v) is 6.39. The average molecular weight is 213 g/mol. The third-order valence-electron chi connectivity index (χ3n) is 1.90. The van der Waals surface area contributed by atoms with E-state index in [0.717, 1.165) is 18.1 Å². The molecule has 0 aromatic carbocycles. The SMILES string of the molecule is CC(C)=CCC/C(C)=C/CSCCN. The van der Waals surface area contributed by atoms with Crippen molar-refractivity contribution < 1.29 is 0 Å². The van der Waals surface area contributed by atoms with Gasteiger partial charge in [0.25, 0.3) is 0 Å². The fourth-order valence-corrected chi connectivity index (χ4v) is 1.79. The van der Waals surface area contributed by atoms with E-state index in [-0.39, 0.29) is 0 Å². The number of allylic oxidation sites excluding steroid dienone is 3. The maximum absolute atomic E-state index is 5.41. The van der Waals surface area contributed by atoms with Gasteiger partial charge in [0.05, 0.1) is 0 Å². The van der Waals surface area contributed by atoms with Gasteiger partial charge in [0.1, 0.15) is 0 Å². The largest absolute Gasteiger partial charge is 0.330 e. The van der Waals surface area contributed by atoms with Gasteiger partial charge < -0.3 is 5.73 Å². The van der Waals surface area contributed by atoms with E-state index < -0.39 is 0 Å². The lowest BCUT2D eigenvalue weighted by molar-refractivity contribution is 0.964. The zero-order valence-electron chi connectivity index (χ0n) is 9.68. The van der Waals surface area contributed by atoms with Gasteiger partial charge in [-0.25, -0.2) is 0 Å². The molecule has 0 saturated heterocycles. The normalized spacial score (nSPS) is 11.6. The summed E-state index contributed by atoms with van der Waals surface area (Å²) < 4.78 is 0. The van der Waals surface area contributed by atoms with E-state index in [2.05, 4.69) is 32.9 Å². The van der Waals surface area contributed by atoms with Gasteiger partial charge in [-0.15, -0.1) is 0 Å². The summed E-state index contributed by atoms with van der Waals surface area (Å²) in [6.07, 6.45) is 6.98. The Morgan fingerprint density at radius 3 is 2.50 bits per heavy atom. The molecule has 2 N–H and O–H groups in total. The van der Waals surface area contributed by atoms with Crippen molar-refractivity contribution in [3.63, 3.8) is 0 Å². The van der Waals surface area contributed by atoms with E-state index in [1.165, 1.54) is 24.0 Å². The second-order valence-electron chi connectivity index (χ2n) is 3.73. The molecule has 0 spiro atoms. The minimum atomic E-state index is 0.787. The Labute approximate surface area is 92.8 Å². The molecule has 0 bridgehead atoms. The third-order valence-corrected chi connectivity index (χ3v) is 2.83. The van der Waals surface area contributed by atoms with Crippen LogP contribution in [0.5, 0.6) is 0 Å². The van der Waals surface area contributed by atoms with E-state index in [4.69, 9.17) is 5.73 Å². The second-order valence-corrected chi connectivity index (χ2v) is 4.88. The topological polar surface area (TPSA) is 26.0 Å². The van der Waals surface area contributed by atoms with Gasteiger partial charge in [-0.1, -0.05) is 23.3 Å². The highest BCUT2D eigenvalue weighted by atomic mass is 32.2. The fourth-order valence-electron chi connectivity index (χ4n) is 1.06. The lowest BCUT2D eigenvalue weighted by atomic mass is 10.1. The Hall–Kier alpha value is -0.210. The molecular weight excluding hydrogens is 190 g/mol. The van der Waals surface area contributed by atoms with E-state index >= 15 is 0 Å². The zero-order chi connectivity index (χ0) is 10.8. The Morgan fingerprint density at radius 1 is 1.21 bits per heavy atom. The predicted octanol–water partition coefficient (Wildman–Crippen LogP) is 3.37. The van der Waals surface area contributed by atoms with Crippen LogP contribution < -0.4 is 5.73 Å². The van der Waals surface area contributed by atoms with Gasteiger partial charge in [-0.05, 0) is 33.6 Å². The van der Waals surface area contributed by atoms with Crippen molar-refractivity contribution in [1.82, 2.24) is 0 Å². The molecule has 0 unspecified atom stereocenters. The van der Waals surface area contributed by atoms with Gasteiger partial charge in [0.15, 0.2) is 0 Å². The highest BCUT2D eigenvalue weighted by Gasteiger charge is 1.89. The lowest BCUT2D eigenvalue weighted by Crippen LogP contribution is -2.01. The van der Waals surface area contributed by atoms with E-state index in [0.29, 0.717) is 0 Å². The molecule has 0 aromatic heterocycles. The van der Waals surface area contributed by atoms with Crippen LogP contribution in [0.3, 0.4) is 0 Å². The first-order chi connectivity index (χ1) is 6.66. The second kappa shape index (κ2) is 9.35. The van der Waals surface area contributed by atoms with Crippen LogP contribution in [0.25, 0.3) is 0 Å². The van der Waals surface area contributed by atoms with Gasteiger partial charge in [0, 0.05) is 18.1 Å². The van der Waals surface area contributed by atoms with Crippen LogP contribution in [-0.4, -0.2) is 18.1 Å². The van der Waals surface area contributed by atoms with E-state index in [1.807, 2.05) is 11.8 Å². The molecule has 0 atom stereocenters. The maximum Gasteiger partial charge on any atom is 0.0116 e. The van der Waals surface area contributed by atoms with Gasteiger partial charge in [-0.2, -0.15) is 11.8 Å². The molecule has 2 heteroatoms. The monoisotopic (exact) mass is 213 g/mol. The van der Waals surface area contributed by atoms with Crippen LogP contribution in [-0.2, 0) is 0 Å². The molecule has 0 amide bonds. The van der Waals surface area contributed by atoms with Crippen LogP contribution in [0.4, 0.5) is 0 Å². The average Bonchev–Trinajstić information content (AvgIpc) is 2.12. The van der Waals surface area contributed by atoms with Crippen molar-refractivity contribution in [2.75, 3.05) is 18.1 Å². The van der Waals surface area contributed by atoms with Crippen molar-refractivity contribution in [3.8, 4) is 0 Å². The van der Waals surface area contributed by atoms with Crippen LogP contribution in [0.2, 0.25) is 0 Å². The maximum atomic E-state index is 5.41. The third kappa shape index (κ3) is 9.87. The molecule has 0 aliphatic heterocycles. The Bertz CT molecular complexity index is 190. The van der Waals surface area contributed by atoms with E-state index in [9.17, 15) is 0 Å².